The van der Waals surface area contributed by atoms with Crippen LogP contribution in [0.2, 0.25) is 0 Å². The first-order valence-corrected chi connectivity index (χ1v) is 10.4. The molecule has 2 heterocycles. The van der Waals surface area contributed by atoms with E-state index in [1.165, 1.54) is 42.8 Å². The first-order chi connectivity index (χ1) is 15.8. The Balaban J connectivity index is 1.92. The molecule has 0 fully saturated rings. The Morgan fingerprint density at radius 2 is 1.97 bits per heavy atom. The number of aromatic nitrogens is 2. The molecule has 0 saturated heterocycles. The number of benzene rings is 1. The number of pyridine rings is 1. The van der Waals surface area contributed by atoms with Crippen molar-refractivity contribution in [1.82, 2.24) is 20.8 Å². The largest absolute Gasteiger partial charge is 0.274 e. The SMILES string of the molecule is CC(=O)NNc1nc(C)c(C(/C=C/c2cccc([N+](=O)[O-])c2)=N/NC(=O)c2ccncc2)s1. The van der Waals surface area contributed by atoms with Crippen LogP contribution >= 0.6 is 11.3 Å². The fourth-order valence-electron chi connectivity index (χ4n) is 2.59. The summed E-state index contributed by atoms with van der Waals surface area (Å²) in [6, 6.07) is 9.21. The molecule has 33 heavy (non-hydrogen) atoms. The second kappa shape index (κ2) is 10.7. The third kappa shape index (κ3) is 6.51. The maximum atomic E-state index is 12.4. The van der Waals surface area contributed by atoms with Crippen LogP contribution in [-0.2, 0) is 4.79 Å². The molecule has 0 radical (unpaired) electrons. The van der Waals surface area contributed by atoms with Crippen LogP contribution in [0.15, 0.2) is 60.0 Å². The molecule has 3 aromatic rings. The molecule has 0 spiro atoms. The average molecular weight is 465 g/mol. The number of allylic oxidation sites excluding steroid dienone is 1. The third-order valence-electron chi connectivity index (χ3n) is 4.11. The fourth-order valence-corrected chi connectivity index (χ4v) is 3.48. The molecule has 2 amide bonds. The summed E-state index contributed by atoms with van der Waals surface area (Å²) < 4.78 is 0. The number of hydrogen-bond acceptors (Lipinski definition) is 9. The Morgan fingerprint density at radius 3 is 2.67 bits per heavy atom. The Hall–Kier alpha value is -4.45. The second-order valence-corrected chi connectivity index (χ2v) is 7.60. The normalized spacial score (nSPS) is 11.3. The number of nitro groups is 1. The zero-order chi connectivity index (χ0) is 23.8. The zero-order valence-electron chi connectivity index (χ0n) is 17.6. The summed E-state index contributed by atoms with van der Waals surface area (Å²) in [5.41, 5.74) is 9.54. The topological polar surface area (TPSA) is 152 Å². The molecular weight excluding hydrogens is 446 g/mol. The zero-order valence-corrected chi connectivity index (χ0v) is 18.4. The molecular formula is C21H19N7O4S. The van der Waals surface area contributed by atoms with Gasteiger partial charge in [0.2, 0.25) is 11.0 Å². The van der Waals surface area contributed by atoms with Crippen molar-refractivity contribution in [3.8, 4) is 0 Å². The van der Waals surface area contributed by atoms with Crippen LogP contribution in [0.1, 0.15) is 33.4 Å². The number of carbonyl (C=O) groups is 2. The summed E-state index contributed by atoms with van der Waals surface area (Å²) in [6.07, 6.45) is 6.25. The van der Waals surface area contributed by atoms with Gasteiger partial charge in [-0.15, -0.1) is 0 Å². The van der Waals surface area contributed by atoms with Gasteiger partial charge in [0.25, 0.3) is 11.6 Å². The number of nitrogens with zero attached hydrogens (tertiary/aromatic N) is 4. The molecule has 0 aliphatic carbocycles. The maximum absolute atomic E-state index is 12.4. The van der Waals surface area contributed by atoms with Crippen LogP contribution in [-0.4, -0.2) is 32.4 Å². The molecule has 0 bridgehead atoms. The first-order valence-electron chi connectivity index (χ1n) is 9.54. The number of rotatable bonds is 8. The number of hydrazine groups is 1. The summed E-state index contributed by atoms with van der Waals surface area (Å²) in [5.74, 6) is -0.717. The van der Waals surface area contributed by atoms with Crippen molar-refractivity contribution in [2.24, 2.45) is 5.10 Å². The van der Waals surface area contributed by atoms with Crippen molar-refractivity contribution in [3.63, 3.8) is 0 Å². The number of carbonyl (C=O) groups excluding carboxylic acids is 2. The molecule has 0 aliphatic rings. The summed E-state index contributed by atoms with van der Waals surface area (Å²) in [6.45, 7) is 3.11. The van der Waals surface area contributed by atoms with Gasteiger partial charge in [-0.3, -0.25) is 35.5 Å². The average Bonchev–Trinajstić information content (AvgIpc) is 3.18. The number of thiazole rings is 1. The minimum Gasteiger partial charge on any atom is -0.274 e. The molecule has 0 aliphatic heterocycles. The van der Waals surface area contributed by atoms with Crippen LogP contribution in [0.25, 0.3) is 6.08 Å². The van der Waals surface area contributed by atoms with Gasteiger partial charge in [0.15, 0.2) is 0 Å². The number of nitro benzene ring substituents is 1. The lowest BCUT2D eigenvalue weighted by molar-refractivity contribution is -0.384. The quantitative estimate of drug-likeness (QED) is 0.263. The van der Waals surface area contributed by atoms with E-state index in [0.29, 0.717) is 32.5 Å². The van der Waals surface area contributed by atoms with Gasteiger partial charge in [0.1, 0.15) is 5.71 Å². The molecule has 12 heteroatoms. The van der Waals surface area contributed by atoms with Gasteiger partial charge in [0.05, 0.1) is 15.5 Å². The highest BCUT2D eigenvalue weighted by Crippen LogP contribution is 2.24. The van der Waals surface area contributed by atoms with E-state index in [1.807, 2.05) is 0 Å². The van der Waals surface area contributed by atoms with Crippen molar-refractivity contribution in [3.05, 3.63) is 86.7 Å². The van der Waals surface area contributed by atoms with E-state index in [4.69, 9.17) is 0 Å². The highest BCUT2D eigenvalue weighted by atomic mass is 32.1. The Labute approximate surface area is 192 Å². The van der Waals surface area contributed by atoms with E-state index in [9.17, 15) is 19.7 Å². The van der Waals surface area contributed by atoms with Gasteiger partial charge in [-0.05, 0) is 30.7 Å². The van der Waals surface area contributed by atoms with Crippen molar-refractivity contribution in [1.29, 1.82) is 0 Å². The summed E-state index contributed by atoms with van der Waals surface area (Å²) in [5, 5.41) is 15.7. The van der Waals surface area contributed by atoms with Crippen molar-refractivity contribution in [2.75, 3.05) is 5.43 Å². The van der Waals surface area contributed by atoms with Gasteiger partial charge in [-0.25, -0.2) is 10.4 Å². The second-order valence-electron chi connectivity index (χ2n) is 6.60. The molecule has 2 aromatic heterocycles. The molecule has 0 atom stereocenters. The van der Waals surface area contributed by atoms with E-state index in [-0.39, 0.29) is 11.6 Å². The predicted octanol–water partition coefficient (Wildman–Crippen LogP) is 3.07. The number of nitrogens with one attached hydrogen (secondary N) is 3. The van der Waals surface area contributed by atoms with Crippen LogP contribution in [0.3, 0.4) is 0 Å². The highest BCUT2D eigenvalue weighted by Gasteiger charge is 2.14. The maximum Gasteiger partial charge on any atom is 0.271 e. The van der Waals surface area contributed by atoms with Crippen LogP contribution in [0.5, 0.6) is 0 Å². The highest BCUT2D eigenvalue weighted by molar-refractivity contribution is 7.17. The molecule has 0 unspecified atom stereocenters. The van der Waals surface area contributed by atoms with Crippen molar-refractivity contribution < 1.29 is 14.5 Å². The standard InChI is InChI=1S/C21H19N7O4S/c1-13-19(33-21(23-13)27-24-14(2)29)18(25-26-20(30)16-8-10-22-11-9-16)7-6-15-4-3-5-17(12-15)28(31)32/h3-12H,1-2H3,(H,23,27)(H,24,29)(H,26,30)/b7-6+,25-18+. The molecule has 168 valence electrons. The molecule has 3 N–H and O–H groups in total. The lowest BCUT2D eigenvalue weighted by Crippen LogP contribution is -2.26. The summed E-state index contributed by atoms with van der Waals surface area (Å²) in [7, 11) is 0. The number of hydrogen-bond donors (Lipinski definition) is 3. The number of anilines is 1. The van der Waals surface area contributed by atoms with Crippen LogP contribution < -0.4 is 16.3 Å². The number of hydrazone groups is 1. The van der Waals surface area contributed by atoms with E-state index in [2.05, 4.69) is 31.3 Å². The van der Waals surface area contributed by atoms with Gasteiger partial charge in [-0.2, -0.15) is 5.10 Å². The van der Waals surface area contributed by atoms with Crippen molar-refractivity contribution >= 4 is 45.8 Å². The van der Waals surface area contributed by atoms with E-state index in [1.54, 1.807) is 43.3 Å². The minimum atomic E-state index is -0.478. The molecule has 11 nitrogen and oxygen atoms in total. The van der Waals surface area contributed by atoms with Crippen molar-refractivity contribution in [2.45, 2.75) is 13.8 Å². The fraction of sp³-hybridized carbons (Fsp3) is 0.0952. The summed E-state index contributed by atoms with van der Waals surface area (Å²) >= 11 is 1.21. The number of non-ortho nitro benzene ring substituents is 1. The molecule has 3 rings (SSSR count). The van der Waals surface area contributed by atoms with Gasteiger partial charge in [-0.1, -0.05) is 29.5 Å². The Morgan fingerprint density at radius 1 is 1.21 bits per heavy atom. The lowest BCUT2D eigenvalue weighted by Gasteiger charge is -2.03. The van der Waals surface area contributed by atoms with Crippen LogP contribution in [0, 0.1) is 17.0 Å². The predicted molar refractivity (Wildman–Crippen MR) is 125 cm³/mol. The minimum absolute atomic E-state index is 0.0441. The summed E-state index contributed by atoms with van der Waals surface area (Å²) in [4.78, 5) is 43.0. The molecule has 0 saturated carbocycles. The number of aryl methyl sites for hydroxylation is 1. The lowest BCUT2D eigenvalue weighted by atomic mass is 10.1. The van der Waals surface area contributed by atoms with Gasteiger partial charge < -0.3 is 0 Å². The van der Waals surface area contributed by atoms with E-state index >= 15 is 0 Å². The van der Waals surface area contributed by atoms with Gasteiger partial charge in [0, 0.05) is 37.0 Å². The van der Waals surface area contributed by atoms with E-state index < -0.39 is 10.8 Å². The Bertz CT molecular complexity index is 1240. The van der Waals surface area contributed by atoms with E-state index in [0.717, 1.165) is 0 Å². The monoisotopic (exact) mass is 465 g/mol. The van der Waals surface area contributed by atoms with Gasteiger partial charge >= 0.3 is 0 Å². The Kier molecular flexibility index (Phi) is 7.55. The van der Waals surface area contributed by atoms with Crippen LogP contribution in [0.4, 0.5) is 10.8 Å². The third-order valence-corrected chi connectivity index (χ3v) is 5.21. The first kappa shape index (κ1) is 23.2. The number of amides is 2. The smallest absolute Gasteiger partial charge is 0.271 e. The molecule has 1 aromatic carbocycles.